The average Bonchev–Trinajstić information content (AvgIpc) is 2.48. The molecule has 0 aromatic heterocycles. The molecule has 0 atom stereocenters. The maximum atomic E-state index is 11.7. The molecule has 0 unspecified atom stereocenters. The number of anilines is 1. The number of benzene rings is 2. The Morgan fingerprint density at radius 2 is 1.95 bits per heavy atom. The van der Waals surface area contributed by atoms with Gasteiger partial charge in [-0.3, -0.25) is 5.32 Å². The largest absolute Gasteiger partial charge is 0.497 e. The van der Waals surface area contributed by atoms with Crippen LogP contribution in [0.4, 0.5) is 10.5 Å². The van der Waals surface area contributed by atoms with Gasteiger partial charge in [0, 0.05) is 11.0 Å². The van der Waals surface area contributed by atoms with Crippen molar-refractivity contribution < 1.29 is 14.3 Å². The van der Waals surface area contributed by atoms with E-state index in [0.717, 1.165) is 5.56 Å². The number of methoxy groups -OCH3 is 1. The molecule has 1 N–H and O–H groups in total. The molecule has 104 valence electrons. The highest BCUT2D eigenvalue weighted by Gasteiger charge is 2.07. The molecule has 0 spiro atoms. The van der Waals surface area contributed by atoms with E-state index in [1.165, 1.54) is 0 Å². The van der Waals surface area contributed by atoms with Crippen molar-refractivity contribution in [3.63, 3.8) is 0 Å². The Morgan fingerprint density at radius 1 is 1.20 bits per heavy atom. The number of amides is 1. The molecule has 0 aliphatic rings. The van der Waals surface area contributed by atoms with E-state index < -0.39 is 6.09 Å². The molecule has 0 radical (unpaired) electrons. The second-order valence-electron chi connectivity index (χ2n) is 4.07. The Labute approximate surface area is 123 Å². The number of hydrogen-bond acceptors (Lipinski definition) is 4. The fourth-order valence-electron chi connectivity index (χ4n) is 1.61. The summed E-state index contributed by atoms with van der Waals surface area (Å²) in [7, 11) is 1.56. The van der Waals surface area contributed by atoms with E-state index in [0.29, 0.717) is 16.3 Å². The van der Waals surface area contributed by atoms with Crippen molar-refractivity contribution in [3.05, 3.63) is 54.1 Å². The van der Waals surface area contributed by atoms with E-state index in [9.17, 15) is 4.79 Å². The topological polar surface area (TPSA) is 47.6 Å². The van der Waals surface area contributed by atoms with Crippen molar-refractivity contribution in [1.29, 1.82) is 0 Å². The second-order valence-corrected chi connectivity index (χ2v) is 4.55. The van der Waals surface area contributed by atoms with E-state index in [2.05, 4.69) is 17.9 Å². The zero-order valence-electron chi connectivity index (χ0n) is 11.0. The maximum absolute atomic E-state index is 11.7. The van der Waals surface area contributed by atoms with E-state index in [1.807, 2.05) is 30.3 Å². The van der Waals surface area contributed by atoms with Gasteiger partial charge in [-0.25, -0.2) is 4.79 Å². The van der Waals surface area contributed by atoms with Gasteiger partial charge in [0.05, 0.1) is 12.8 Å². The molecule has 20 heavy (non-hydrogen) atoms. The third-order valence-electron chi connectivity index (χ3n) is 2.65. The number of hydrogen-bond donors (Lipinski definition) is 2. The predicted octanol–water partition coefficient (Wildman–Crippen LogP) is 3.73. The lowest BCUT2D eigenvalue weighted by Crippen LogP contribution is -2.14. The van der Waals surface area contributed by atoms with E-state index in [4.69, 9.17) is 9.47 Å². The first-order chi connectivity index (χ1) is 9.69. The van der Waals surface area contributed by atoms with Gasteiger partial charge >= 0.3 is 6.09 Å². The molecule has 4 nitrogen and oxygen atoms in total. The smallest absolute Gasteiger partial charge is 0.411 e. The van der Waals surface area contributed by atoms with Gasteiger partial charge in [-0.15, -0.1) is 12.6 Å². The molecule has 0 aliphatic heterocycles. The quantitative estimate of drug-likeness (QED) is 0.843. The van der Waals surface area contributed by atoms with Crippen LogP contribution in [0.1, 0.15) is 5.56 Å². The van der Waals surface area contributed by atoms with Crippen LogP contribution in [0.5, 0.6) is 5.75 Å². The van der Waals surface area contributed by atoms with Crippen LogP contribution < -0.4 is 10.1 Å². The van der Waals surface area contributed by atoms with Crippen LogP contribution in [0, 0.1) is 0 Å². The van der Waals surface area contributed by atoms with Gasteiger partial charge in [0.1, 0.15) is 12.4 Å². The van der Waals surface area contributed by atoms with Gasteiger partial charge in [0.2, 0.25) is 0 Å². The highest BCUT2D eigenvalue weighted by atomic mass is 32.1. The van der Waals surface area contributed by atoms with Crippen molar-refractivity contribution in [2.45, 2.75) is 11.5 Å². The molecule has 1 amide bonds. The first-order valence-corrected chi connectivity index (χ1v) is 6.48. The monoisotopic (exact) mass is 289 g/mol. The second kappa shape index (κ2) is 6.86. The van der Waals surface area contributed by atoms with Crippen molar-refractivity contribution in [1.82, 2.24) is 0 Å². The third kappa shape index (κ3) is 3.93. The third-order valence-corrected chi connectivity index (χ3v) is 3.04. The zero-order valence-corrected chi connectivity index (χ0v) is 11.9. The van der Waals surface area contributed by atoms with Gasteiger partial charge in [-0.05, 0) is 17.7 Å². The maximum Gasteiger partial charge on any atom is 0.411 e. The molecule has 2 aromatic carbocycles. The van der Waals surface area contributed by atoms with Crippen molar-refractivity contribution >= 4 is 24.4 Å². The summed E-state index contributed by atoms with van der Waals surface area (Å²) in [4.78, 5) is 12.4. The summed E-state index contributed by atoms with van der Waals surface area (Å²) in [6.07, 6.45) is -0.530. The molecule has 0 aliphatic carbocycles. The zero-order chi connectivity index (χ0) is 14.4. The summed E-state index contributed by atoms with van der Waals surface area (Å²) < 4.78 is 10.2. The number of thiol groups is 1. The fourth-order valence-corrected chi connectivity index (χ4v) is 1.81. The van der Waals surface area contributed by atoms with Crippen LogP contribution in [-0.4, -0.2) is 13.2 Å². The Kier molecular flexibility index (Phi) is 4.90. The molecular weight excluding hydrogens is 274 g/mol. The van der Waals surface area contributed by atoms with Crippen LogP contribution in [0.3, 0.4) is 0 Å². The summed E-state index contributed by atoms with van der Waals surface area (Å²) in [6.45, 7) is 0.221. The number of carbonyl (C=O) groups excluding carboxylic acids is 1. The minimum atomic E-state index is -0.530. The Morgan fingerprint density at radius 3 is 2.65 bits per heavy atom. The van der Waals surface area contributed by atoms with Crippen LogP contribution in [0.25, 0.3) is 0 Å². The normalized spacial score (nSPS) is 9.90. The van der Waals surface area contributed by atoms with E-state index in [-0.39, 0.29) is 6.61 Å². The van der Waals surface area contributed by atoms with Gasteiger partial charge in [-0.1, -0.05) is 30.3 Å². The lowest BCUT2D eigenvalue weighted by atomic mass is 10.2. The molecule has 0 fully saturated rings. The number of rotatable bonds is 4. The van der Waals surface area contributed by atoms with Crippen molar-refractivity contribution in [2.75, 3.05) is 12.4 Å². The van der Waals surface area contributed by atoms with Crippen LogP contribution in [0.2, 0.25) is 0 Å². The number of nitrogens with one attached hydrogen (secondary N) is 1. The molecule has 0 saturated heterocycles. The van der Waals surface area contributed by atoms with Gasteiger partial charge in [0.15, 0.2) is 0 Å². The molecule has 5 heteroatoms. The molecule has 0 bridgehead atoms. The average molecular weight is 289 g/mol. The van der Waals surface area contributed by atoms with Crippen molar-refractivity contribution in [2.24, 2.45) is 0 Å². The number of carbonyl (C=O) groups is 1. The molecule has 0 heterocycles. The van der Waals surface area contributed by atoms with Crippen LogP contribution >= 0.6 is 12.6 Å². The van der Waals surface area contributed by atoms with Crippen LogP contribution in [-0.2, 0) is 11.3 Å². The lowest BCUT2D eigenvalue weighted by molar-refractivity contribution is 0.155. The minimum Gasteiger partial charge on any atom is -0.497 e. The number of ether oxygens (including phenoxy) is 2. The SMILES string of the molecule is COc1ccc(S)c(NC(=O)OCc2ccccc2)c1. The first-order valence-electron chi connectivity index (χ1n) is 6.04. The molecule has 2 aromatic rings. The van der Waals surface area contributed by atoms with E-state index in [1.54, 1.807) is 25.3 Å². The van der Waals surface area contributed by atoms with Crippen LogP contribution in [0.15, 0.2) is 53.4 Å². The Balaban J connectivity index is 1.94. The van der Waals surface area contributed by atoms with Gasteiger partial charge in [0.25, 0.3) is 0 Å². The highest BCUT2D eigenvalue weighted by molar-refractivity contribution is 7.80. The standard InChI is InChI=1S/C15H15NO3S/c1-18-12-7-8-14(20)13(9-12)16-15(17)19-10-11-5-3-2-4-6-11/h2-9,20H,10H2,1H3,(H,16,17). The Hall–Kier alpha value is -2.14. The predicted molar refractivity (Wildman–Crippen MR) is 80.5 cm³/mol. The minimum absolute atomic E-state index is 0.221. The van der Waals surface area contributed by atoms with Crippen molar-refractivity contribution in [3.8, 4) is 5.75 Å². The first kappa shape index (κ1) is 14.3. The summed E-state index contributed by atoms with van der Waals surface area (Å²) >= 11 is 4.27. The van der Waals surface area contributed by atoms with Gasteiger partial charge < -0.3 is 9.47 Å². The summed E-state index contributed by atoms with van der Waals surface area (Å²) in [5.74, 6) is 0.640. The summed E-state index contributed by atoms with van der Waals surface area (Å²) in [5.41, 5.74) is 1.48. The molecule has 0 saturated carbocycles. The van der Waals surface area contributed by atoms with E-state index >= 15 is 0 Å². The molecular formula is C15H15NO3S. The lowest BCUT2D eigenvalue weighted by Gasteiger charge is -2.10. The highest BCUT2D eigenvalue weighted by Crippen LogP contribution is 2.25. The molecule has 2 rings (SSSR count). The summed E-state index contributed by atoms with van der Waals surface area (Å²) in [6, 6.07) is 14.7. The Bertz CT molecular complexity index is 587. The summed E-state index contributed by atoms with van der Waals surface area (Å²) in [5, 5.41) is 2.64. The fraction of sp³-hybridized carbons (Fsp3) is 0.133. The van der Waals surface area contributed by atoms with Gasteiger partial charge in [-0.2, -0.15) is 0 Å².